The molecular formula is C5H10F6O8S2. The first-order valence-electron chi connectivity index (χ1n) is 4.21. The van der Waals surface area contributed by atoms with Gasteiger partial charge in [-0.3, -0.25) is 9.11 Å². The fraction of sp³-hybridized carbons (Fsp3) is 1.00. The third-order valence-corrected chi connectivity index (χ3v) is 2.07. The zero-order chi connectivity index (χ0) is 18.1. The van der Waals surface area contributed by atoms with Gasteiger partial charge >= 0.3 is 31.3 Å². The van der Waals surface area contributed by atoms with Gasteiger partial charge in [0, 0.05) is 13.2 Å². The molecule has 0 rings (SSSR count). The summed E-state index contributed by atoms with van der Waals surface area (Å²) in [5, 5.41) is 15.8. The van der Waals surface area contributed by atoms with Crippen LogP contribution in [-0.4, -0.2) is 60.4 Å². The van der Waals surface area contributed by atoms with Crippen molar-refractivity contribution in [2.75, 3.05) is 13.2 Å². The minimum absolute atomic E-state index is 0.0938. The van der Waals surface area contributed by atoms with E-state index in [9.17, 15) is 26.3 Å². The standard InChI is InChI=1S/C3H8O2.2CHF3O3S/c4-2-1-3-5;2*2-1(3,4)8(5,6)7/h4-5H,1-3H2;2*(H,5,6,7). The number of aliphatic hydroxyl groups excluding tert-OH is 2. The van der Waals surface area contributed by atoms with Crippen LogP contribution in [0.1, 0.15) is 6.42 Å². The van der Waals surface area contributed by atoms with Crippen molar-refractivity contribution in [2.45, 2.75) is 17.4 Å². The number of rotatable bonds is 2. The molecule has 132 valence electrons. The van der Waals surface area contributed by atoms with Crippen molar-refractivity contribution >= 4 is 20.2 Å². The van der Waals surface area contributed by atoms with Crippen LogP contribution in [0.5, 0.6) is 0 Å². The molecule has 0 radical (unpaired) electrons. The highest BCUT2D eigenvalue weighted by molar-refractivity contribution is 7.86. The highest BCUT2D eigenvalue weighted by Gasteiger charge is 2.45. The molecule has 4 N–H and O–H groups in total. The largest absolute Gasteiger partial charge is 0.522 e. The topological polar surface area (TPSA) is 149 Å². The maximum atomic E-state index is 10.7. The Labute approximate surface area is 114 Å². The first kappa shape index (κ1) is 25.3. The SMILES string of the molecule is O=S(=O)(O)C(F)(F)F.O=S(=O)(O)C(F)(F)F.OCCCO. The van der Waals surface area contributed by atoms with Gasteiger partial charge in [0.2, 0.25) is 0 Å². The molecule has 0 spiro atoms. The zero-order valence-electron chi connectivity index (χ0n) is 9.63. The summed E-state index contributed by atoms with van der Waals surface area (Å²) in [7, 11) is -11.7. The number of hydrogen-bond donors (Lipinski definition) is 4. The van der Waals surface area contributed by atoms with Crippen molar-refractivity contribution in [1.29, 1.82) is 0 Å². The second kappa shape index (κ2) is 9.36. The first-order chi connectivity index (χ1) is 8.91. The molecule has 0 aromatic carbocycles. The van der Waals surface area contributed by atoms with Gasteiger partial charge in [-0.05, 0) is 6.42 Å². The van der Waals surface area contributed by atoms with E-state index in [-0.39, 0.29) is 13.2 Å². The van der Waals surface area contributed by atoms with Crippen LogP contribution in [0.3, 0.4) is 0 Å². The quantitative estimate of drug-likeness (QED) is 0.302. The Morgan fingerprint density at radius 2 is 0.810 bits per heavy atom. The Kier molecular flexibility index (Phi) is 11.3. The molecule has 0 aliphatic rings. The van der Waals surface area contributed by atoms with Crippen molar-refractivity contribution in [3.05, 3.63) is 0 Å². The fourth-order valence-corrected chi connectivity index (χ4v) is 0.0707. The maximum Gasteiger partial charge on any atom is 0.522 e. The normalized spacial score (nSPS) is 12.7. The van der Waals surface area contributed by atoms with Crippen LogP contribution >= 0.6 is 0 Å². The number of halogens is 6. The summed E-state index contributed by atoms with van der Waals surface area (Å²) in [5.74, 6) is 0. The lowest BCUT2D eigenvalue weighted by Crippen LogP contribution is -2.21. The molecule has 16 heteroatoms. The second-order valence-electron chi connectivity index (χ2n) is 2.64. The van der Waals surface area contributed by atoms with Gasteiger partial charge in [-0.1, -0.05) is 0 Å². The van der Waals surface area contributed by atoms with E-state index in [0.717, 1.165) is 0 Å². The van der Waals surface area contributed by atoms with Crippen molar-refractivity contribution in [3.8, 4) is 0 Å². The fourth-order valence-electron chi connectivity index (χ4n) is 0.0707. The summed E-state index contributed by atoms with van der Waals surface area (Å²) in [5.41, 5.74) is -11.1. The molecule has 0 bridgehead atoms. The lowest BCUT2D eigenvalue weighted by atomic mass is 10.5. The molecule has 0 aromatic rings. The van der Waals surface area contributed by atoms with Crippen molar-refractivity contribution in [3.63, 3.8) is 0 Å². The van der Waals surface area contributed by atoms with Gasteiger partial charge in [0.05, 0.1) is 0 Å². The van der Waals surface area contributed by atoms with Gasteiger partial charge in [-0.15, -0.1) is 0 Å². The summed E-state index contributed by atoms with van der Waals surface area (Å²) < 4.78 is 115. The van der Waals surface area contributed by atoms with E-state index in [4.69, 9.17) is 36.2 Å². The molecule has 0 amide bonds. The minimum Gasteiger partial charge on any atom is -0.396 e. The summed E-state index contributed by atoms with van der Waals surface area (Å²) in [6.45, 7) is 0.188. The van der Waals surface area contributed by atoms with E-state index in [0.29, 0.717) is 6.42 Å². The van der Waals surface area contributed by atoms with Crippen molar-refractivity contribution < 1.29 is 62.5 Å². The van der Waals surface area contributed by atoms with E-state index in [1.807, 2.05) is 0 Å². The molecule has 0 aliphatic heterocycles. The third-order valence-electron chi connectivity index (χ3n) is 0.901. The van der Waals surface area contributed by atoms with Crippen molar-refractivity contribution in [1.82, 2.24) is 0 Å². The molecular weight excluding hydrogens is 366 g/mol. The smallest absolute Gasteiger partial charge is 0.396 e. The van der Waals surface area contributed by atoms with Crippen molar-refractivity contribution in [2.24, 2.45) is 0 Å². The summed E-state index contributed by atoms with van der Waals surface area (Å²) in [4.78, 5) is 0. The second-order valence-corrected chi connectivity index (χ2v) is 5.47. The molecule has 8 nitrogen and oxygen atoms in total. The lowest BCUT2D eigenvalue weighted by molar-refractivity contribution is -0.0514. The van der Waals surface area contributed by atoms with Gasteiger partial charge in [-0.25, -0.2) is 0 Å². The zero-order valence-corrected chi connectivity index (χ0v) is 11.3. The minimum atomic E-state index is -5.84. The molecule has 0 aliphatic carbocycles. The lowest BCUT2D eigenvalue weighted by Gasteiger charge is -1.97. The molecule has 0 saturated heterocycles. The molecule has 0 heterocycles. The molecule has 0 atom stereocenters. The predicted octanol–water partition coefficient (Wildman–Crippen LogP) is 0.149. The highest BCUT2D eigenvalue weighted by atomic mass is 32.2. The van der Waals surface area contributed by atoms with E-state index in [2.05, 4.69) is 0 Å². The first-order valence-corrected chi connectivity index (χ1v) is 7.09. The Bertz CT molecular complexity index is 418. The van der Waals surface area contributed by atoms with E-state index in [1.54, 1.807) is 0 Å². The number of aliphatic hydroxyl groups is 2. The van der Waals surface area contributed by atoms with Crippen LogP contribution in [0, 0.1) is 0 Å². The van der Waals surface area contributed by atoms with E-state index < -0.39 is 31.3 Å². The van der Waals surface area contributed by atoms with Crippen LogP contribution in [0.15, 0.2) is 0 Å². The van der Waals surface area contributed by atoms with Crippen LogP contribution in [0.2, 0.25) is 0 Å². The monoisotopic (exact) mass is 376 g/mol. The molecule has 0 saturated carbocycles. The Hall–Kier alpha value is -0.680. The molecule has 0 aromatic heterocycles. The van der Waals surface area contributed by atoms with Gasteiger partial charge in [0.15, 0.2) is 0 Å². The summed E-state index contributed by atoms with van der Waals surface area (Å²) in [6, 6.07) is 0. The average molecular weight is 376 g/mol. The van der Waals surface area contributed by atoms with Gasteiger partial charge < -0.3 is 10.2 Å². The van der Waals surface area contributed by atoms with Crippen LogP contribution in [0.25, 0.3) is 0 Å². The Balaban J connectivity index is -0.000000239. The van der Waals surface area contributed by atoms with Crippen LogP contribution < -0.4 is 0 Å². The molecule has 0 fully saturated rings. The third kappa shape index (κ3) is 15.5. The van der Waals surface area contributed by atoms with Gasteiger partial charge in [0.1, 0.15) is 0 Å². The van der Waals surface area contributed by atoms with E-state index >= 15 is 0 Å². The predicted molar refractivity (Wildman–Crippen MR) is 54.0 cm³/mol. The number of alkyl halides is 6. The average Bonchev–Trinajstić information content (AvgIpc) is 2.13. The van der Waals surface area contributed by atoms with Gasteiger partial charge in [-0.2, -0.15) is 43.2 Å². The number of hydrogen-bond acceptors (Lipinski definition) is 6. The Morgan fingerprint density at radius 3 is 0.810 bits per heavy atom. The summed E-state index contributed by atoms with van der Waals surface area (Å²) in [6.07, 6.45) is 0.500. The molecule has 21 heavy (non-hydrogen) atoms. The summed E-state index contributed by atoms with van der Waals surface area (Å²) >= 11 is 0. The maximum absolute atomic E-state index is 10.7. The van der Waals surface area contributed by atoms with E-state index in [1.165, 1.54) is 0 Å². The highest BCUT2D eigenvalue weighted by Crippen LogP contribution is 2.21. The van der Waals surface area contributed by atoms with Crippen LogP contribution in [-0.2, 0) is 20.2 Å². The van der Waals surface area contributed by atoms with Gasteiger partial charge in [0.25, 0.3) is 0 Å². The Morgan fingerprint density at radius 1 is 0.667 bits per heavy atom. The molecule has 0 unspecified atom stereocenters. The van der Waals surface area contributed by atoms with Crippen LogP contribution in [0.4, 0.5) is 26.3 Å².